The van der Waals surface area contributed by atoms with Crippen LogP contribution in [0, 0.1) is 0 Å². The maximum absolute atomic E-state index is 4.50. The standard InChI is InChI=1S/C10H16N4S/c1-13-5-7-14(8-6-13)9-3-4-11-10(12-9)15-2/h3-4H,5-8H2,1-2H3. The number of rotatable bonds is 2. The molecule has 1 saturated heterocycles. The number of piperazine rings is 1. The number of aromatic nitrogens is 2. The normalized spacial score (nSPS) is 18.1. The van der Waals surface area contributed by atoms with Crippen molar-refractivity contribution in [2.45, 2.75) is 5.16 Å². The molecule has 1 aliphatic heterocycles. The number of hydrogen-bond donors (Lipinski definition) is 0. The van der Waals surface area contributed by atoms with Crippen LogP contribution >= 0.6 is 11.8 Å². The van der Waals surface area contributed by atoms with Gasteiger partial charge in [0.25, 0.3) is 0 Å². The number of likely N-dealkylation sites (N-methyl/N-ethyl adjacent to an activating group) is 1. The first-order valence-electron chi connectivity index (χ1n) is 5.10. The molecule has 0 N–H and O–H groups in total. The lowest BCUT2D eigenvalue weighted by molar-refractivity contribution is 0.312. The number of hydrogen-bond acceptors (Lipinski definition) is 5. The molecule has 0 amide bonds. The lowest BCUT2D eigenvalue weighted by atomic mass is 10.3. The third kappa shape index (κ3) is 2.60. The zero-order valence-electron chi connectivity index (χ0n) is 9.18. The SMILES string of the molecule is CSc1nccc(N2CCN(C)CC2)n1. The Balaban J connectivity index is 2.08. The van der Waals surface area contributed by atoms with Gasteiger partial charge in [-0.25, -0.2) is 9.97 Å². The minimum atomic E-state index is 0.853. The molecular formula is C10H16N4S. The maximum Gasteiger partial charge on any atom is 0.189 e. The molecule has 0 spiro atoms. The third-order valence-corrected chi connectivity index (χ3v) is 3.19. The Hall–Kier alpha value is -0.810. The van der Waals surface area contributed by atoms with Crippen LogP contribution < -0.4 is 4.90 Å². The van der Waals surface area contributed by atoms with E-state index >= 15 is 0 Å². The van der Waals surface area contributed by atoms with E-state index < -0.39 is 0 Å². The van der Waals surface area contributed by atoms with Crippen molar-refractivity contribution in [3.63, 3.8) is 0 Å². The van der Waals surface area contributed by atoms with Gasteiger partial charge in [-0.2, -0.15) is 0 Å². The predicted molar refractivity (Wildman–Crippen MR) is 63.5 cm³/mol. The van der Waals surface area contributed by atoms with Crippen molar-refractivity contribution in [3.8, 4) is 0 Å². The van der Waals surface area contributed by atoms with Crippen molar-refractivity contribution in [2.75, 3.05) is 44.4 Å². The Morgan fingerprint density at radius 2 is 2.00 bits per heavy atom. The number of nitrogens with zero attached hydrogens (tertiary/aromatic N) is 4. The van der Waals surface area contributed by atoms with Gasteiger partial charge in [-0.3, -0.25) is 0 Å². The zero-order chi connectivity index (χ0) is 10.7. The van der Waals surface area contributed by atoms with Crippen molar-refractivity contribution in [1.82, 2.24) is 14.9 Å². The van der Waals surface area contributed by atoms with Crippen LogP contribution in [0.3, 0.4) is 0 Å². The van der Waals surface area contributed by atoms with Gasteiger partial charge >= 0.3 is 0 Å². The summed E-state index contributed by atoms with van der Waals surface area (Å²) < 4.78 is 0. The summed E-state index contributed by atoms with van der Waals surface area (Å²) in [6.07, 6.45) is 3.84. The summed E-state index contributed by atoms with van der Waals surface area (Å²) >= 11 is 1.59. The van der Waals surface area contributed by atoms with Crippen LogP contribution in [0.15, 0.2) is 17.4 Å². The molecule has 5 heteroatoms. The Morgan fingerprint density at radius 3 is 2.67 bits per heavy atom. The summed E-state index contributed by atoms with van der Waals surface area (Å²) in [7, 11) is 2.16. The molecule has 1 aromatic heterocycles. The van der Waals surface area contributed by atoms with E-state index in [-0.39, 0.29) is 0 Å². The number of thioether (sulfide) groups is 1. The van der Waals surface area contributed by atoms with Gasteiger partial charge in [0, 0.05) is 32.4 Å². The Labute approximate surface area is 94.7 Å². The van der Waals surface area contributed by atoms with Crippen molar-refractivity contribution in [2.24, 2.45) is 0 Å². The molecule has 4 nitrogen and oxygen atoms in total. The van der Waals surface area contributed by atoms with Crippen LogP contribution in [-0.2, 0) is 0 Å². The summed E-state index contributed by atoms with van der Waals surface area (Å²) in [5.41, 5.74) is 0. The molecule has 0 aliphatic carbocycles. The molecular weight excluding hydrogens is 208 g/mol. The van der Waals surface area contributed by atoms with Crippen molar-refractivity contribution in [3.05, 3.63) is 12.3 Å². The Bertz CT molecular complexity index is 323. The van der Waals surface area contributed by atoms with Crippen LogP contribution in [0.25, 0.3) is 0 Å². The summed E-state index contributed by atoms with van der Waals surface area (Å²) in [6.45, 7) is 4.33. The largest absolute Gasteiger partial charge is 0.354 e. The predicted octanol–water partition coefficient (Wildman–Crippen LogP) is 0.950. The Morgan fingerprint density at radius 1 is 1.27 bits per heavy atom. The van der Waals surface area contributed by atoms with Gasteiger partial charge < -0.3 is 9.80 Å². The average Bonchev–Trinajstić information content (AvgIpc) is 2.30. The summed E-state index contributed by atoms with van der Waals surface area (Å²) in [5, 5.41) is 0.853. The van der Waals surface area contributed by atoms with Gasteiger partial charge in [-0.15, -0.1) is 0 Å². The van der Waals surface area contributed by atoms with Gasteiger partial charge in [0.15, 0.2) is 5.16 Å². The quantitative estimate of drug-likeness (QED) is 0.551. The minimum Gasteiger partial charge on any atom is -0.354 e. The fraction of sp³-hybridized carbons (Fsp3) is 0.600. The molecule has 2 heterocycles. The van der Waals surface area contributed by atoms with Crippen LogP contribution in [0.5, 0.6) is 0 Å². The fourth-order valence-electron chi connectivity index (χ4n) is 1.64. The van der Waals surface area contributed by atoms with E-state index in [2.05, 4.69) is 26.8 Å². The molecule has 0 bridgehead atoms. The molecule has 1 aliphatic rings. The van der Waals surface area contributed by atoms with Crippen LogP contribution in [0.2, 0.25) is 0 Å². The van der Waals surface area contributed by atoms with Gasteiger partial charge in [-0.1, -0.05) is 11.8 Å². The highest BCUT2D eigenvalue weighted by atomic mass is 32.2. The summed E-state index contributed by atoms with van der Waals surface area (Å²) in [4.78, 5) is 13.3. The lowest BCUT2D eigenvalue weighted by Crippen LogP contribution is -2.44. The summed E-state index contributed by atoms with van der Waals surface area (Å²) in [5.74, 6) is 1.06. The van der Waals surface area contributed by atoms with Gasteiger partial charge in [0.2, 0.25) is 0 Å². The van der Waals surface area contributed by atoms with E-state index in [9.17, 15) is 0 Å². The molecule has 0 radical (unpaired) electrons. The first-order chi connectivity index (χ1) is 7.29. The van der Waals surface area contributed by atoms with Crippen LogP contribution in [0.4, 0.5) is 5.82 Å². The molecule has 15 heavy (non-hydrogen) atoms. The molecule has 2 rings (SSSR count). The lowest BCUT2D eigenvalue weighted by Gasteiger charge is -2.33. The molecule has 1 aromatic rings. The molecule has 0 saturated carbocycles. The van der Waals surface area contributed by atoms with E-state index in [1.54, 1.807) is 11.8 Å². The van der Waals surface area contributed by atoms with E-state index in [0.717, 1.165) is 37.2 Å². The zero-order valence-corrected chi connectivity index (χ0v) is 10.00. The average molecular weight is 224 g/mol. The minimum absolute atomic E-state index is 0.853. The smallest absolute Gasteiger partial charge is 0.189 e. The van der Waals surface area contributed by atoms with E-state index in [1.165, 1.54) is 0 Å². The van der Waals surface area contributed by atoms with Gasteiger partial charge in [-0.05, 0) is 19.4 Å². The second kappa shape index (κ2) is 4.81. The Kier molecular flexibility index (Phi) is 3.43. The molecule has 0 atom stereocenters. The van der Waals surface area contributed by atoms with Crippen LogP contribution in [-0.4, -0.2) is 54.4 Å². The highest BCUT2D eigenvalue weighted by Crippen LogP contribution is 2.16. The topological polar surface area (TPSA) is 32.3 Å². The van der Waals surface area contributed by atoms with E-state index in [0.29, 0.717) is 0 Å². The molecule has 82 valence electrons. The van der Waals surface area contributed by atoms with Gasteiger partial charge in [0.05, 0.1) is 0 Å². The highest BCUT2D eigenvalue weighted by molar-refractivity contribution is 7.98. The van der Waals surface area contributed by atoms with Crippen molar-refractivity contribution >= 4 is 17.6 Å². The number of anilines is 1. The monoisotopic (exact) mass is 224 g/mol. The molecule has 1 fully saturated rings. The van der Waals surface area contributed by atoms with Crippen LogP contribution in [0.1, 0.15) is 0 Å². The maximum atomic E-state index is 4.50. The fourth-order valence-corrected chi connectivity index (χ4v) is 1.99. The second-order valence-corrected chi connectivity index (χ2v) is 4.47. The third-order valence-electron chi connectivity index (χ3n) is 2.63. The highest BCUT2D eigenvalue weighted by Gasteiger charge is 2.15. The second-order valence-electron chi connectivity index (χ2n) is 3.69. The summed E-state index contributed by atoms with van der Waals surface area (Å²) in [6, 6.07) is 1.99. The van der Waals surface area contributed by atoms with E-state index in [4.69, 9.17) is 0 Å². The van der Waals surface area contributed by atoms with E-state index in [1.807, 2.05) is 18.5 Å². The first kappa shape index (κ1) is 10.7. The molecule has 0 unspecified atom stereocenters. The van der Waals surface area contributed by atoms with Gasteiger partial charge in [0.1, 0.15) is 5.82 Å². The van der Waals surface area contributed by atoms with Crippen molar-refractivity contribution in [1.29, 1.82) is 0 Å². The molecule has 0 aromatic carbocycles. The first-order valence-corrected chi connectivity index (χ1v) is 6.32. The van der Waals surface area contributed by atoms with Crippen molar-refractivity contribution < 1.29 is 0 Å².